The summed E-state index contributed by atoms with van der Waals surface area (Å²) in [4.78, 5) is 14.2. The number of hydrogen-bond donors (Lipinski definition) is 1. The summed E-state index contributed by atoms with van der Waals surface area (Å²) in [7, 11) is -3.62. The minimum absolute atomic E-state index is 0.253. The van der Waals surface area contributed by atoms with Gasteiger partial charge in [0.15, 0.2) is 0 Å². The van der Waals surface area contributed by atoms with Crippen molar-refractivity contribution in [3.8, 4) is 5.75 Å². The summed E-state index contributed by atoms with van der Waals surface area (Å²) in [5.74, 6) is 0.183. The van der Waals surface area contributed by atoms with Crippen molar-refractivity contribution in [2.45, 2.75) is 77.3 Å². The Labute approximate surface area is 243 Å². The van der Waals surface area contributed by atoms with Gasteiger partial charge in [-0.2, -0.15) is 0 Å². The molecule has 1 saturated heterocycles. The molecule has 0 unspecified atom stereocenters. The third-order valence-electron chi connectivity index (χ3n) is 7.15. The van der Waals surface area contributed by atoms with E-state index in [4.69, 9.17) is 24.1 Å². The number of benzene rings is 2. The van der Waals surface area contributed by atoms with Gasteiger partial charge in [-0.25, -0.2) is 18.4 Å². The lowest BCUT2D eigenvalue weighted by atomic mass is 10.0. The van der Waals surface area contributed by atoms with E-state index in [1.54, 1.807) is 4.90 Å². The second-order valence-electron chi connectivity index (χ2n) is 11.1. The van der Waals surface area contributed by atoms with Gasteiger partial charge in [-0.05, 0) is 67.0 Å². The van der Waals surface area contributed by atoms with Crippen LogP contribution in [0, 0.1) is 0 Å². The second-order valence-corrected chi connectivity index (χ2v) is 12.5. The highest BCUT2D eigenvalue weighted by Gasteiger charge is 2.33. The van der Waals surface area contributed by atoms with Crippen LogP contribution in [0.2, 0.25) is 0 Å². The Balaban J connectivity index is 1.03. The zero-order chi connectivity index (χ0) is 29.3. The molecule has 1 atom stereocenters. The van der Waals surface area contributed by atoms with E-state index in [9.17, 15) is 13.2 Å². The third kappa shape index (κ3) is 10.1. The van der Waals surface area contributed by atoms with Crippen LogP contribution < -0.4 is 9.88 Å². The van der Waals surface area contributed by atoms with Crippen LogP contribution in [0.1, 0.15) is 80.7 Å². The minimum atomic E-state index is -3.62. The van der Waals surface area contributed by atoms with Crippen molar-refractivity contribution in [1.29, 1.82) is 0 Å². The zero-order valence-electron chi connectivity index (χ0n) is 24.0. The fraction of sp³-hybridized carbons (Fsp3) is 0.516. The zero-order valence-corrected chi connectivity index (χ0v) is 24.9. The number of carbonyl (C=O) groups excluding carboxylic acids is 1. The molecule has 0 radical (unpaired) electrons. The molecule has 1 amide bonds. The maximum atomic E-state index is 12.4. The van der Waals surface area contributed by atoms with Crippen molar-refractivity contribution in [1.82, 2.24) is 4.90 Å². The van der Waals surface area contributed by atoms with Crippen molar-refractivity contribution < 1.29 is 32.2 Å². The van der Waals surface area contributed by atoms with E-state index in [0.717, 1.165) is 91.6 Å². The monoisotopic (exact) mass is 586 g/mol. The average molecular weight is 587 g/mol. The van der Waals surface area contributed by atoms with E-state index in [1.807, 2.05) is 56.3 Å². The molecule has 2 aromatic rings. The third-order valence-corrected chi connectivity index (χ3v) is 7.66. The average Bonchev–Trinajstić information content (AvgIpc) is 3.30. The number of nitrogens with zero attached hydrogens (tertiary/aromatic N) is 1. The molecule has 0 spiro atoms. The van der Waals surface area contributed by atoms with Crippen molar-refractivity contribution in [2.24, 2.45) is 5.14 Å². The van der Waals surface area contributed by atoms with Gasteiger partial charge in [0, 0.05) is 44.6 Å². The molecule has 2 heterocycles. The Morgan fingerprint density at radius 2 is 1.83 bits per heavy atom. The van der Waals surface area contributed by atoms with Gasteiger partial charge in [0.2, 0.25) is 15.8 Å². The largest absolute Gasteiger partial charge is 0.463 e. The van der Waals surface area contributed by atoms with Crippen molar-refractivity contribution >= 4 is 22.2 Å². The number of ether oxygens (including phenoxy) is 4. The van der Waals surface area contributed by atoms with E-state index in [0.29, 0.717) is 19.7 Å². The van der Waals surface area contributed by atoms with E-state index in [1.165, 1.54) is 6.08 Å². The maximum Gasteiger partial charge on any atom is 0.410 e. The van der Waals surface area contributed by atoms with E-state index in [2.05, 4.69) is 0 Å². The quantitative estimate of drug-likeness (QED) is 0.267. The van der Waals surface area contributed by atoms with Gasteiger partial charge in [0.05, 0.1) is 13.2 Å². The van der Waals surface area contributed by atoms with Crippen LogP contribution in [0.3, 0.4) is 0 Å². The van der Waals surface area contributed by atoms with Crippen LogP contribution in [0.5, 0.6) is 5.75 Å². The van der Waals surface area contributed by atoms with E-state index in [-0.39, 0.29) is 12.2 Å². The van der Waals surface area contributed by atoms with Gasteiger partial charge in [0.25, 0.3) is 0 Å². The topological polar surface area (TPSA) is 117 Å². The number of aryl methyl sites for hydroxylation is 1. The van der Waals surface area contributed by atoms with Crippen LogP contribution in [0.4, 0.5) is 4.79 Å². The molecule has 41 heavy (non-hydrogen) atoms. The number of primary sulfonamides is 1. The number of nitrogens with two attached hydrogens (primary N) is 1. The summed E-state index contributed by atoms with van der Waals surface area (Å²) in [5.41, 5.74) is 3.92. The number of fused-ring (bicyclic) bond motifs is 1. The molecule has 224 valence electrons. The molecular formula is C31H42N2O7S. The molecular weight excluding hydrogens is 544 g/mol. The molecule has 0 bridgehead atoms. The Hall–Kier alpha value is -2.92. The lowest BCUT2D eigenvalue weighted by Crippen LogP contribution is -2.35. The predicted molar refractivity (Wildman–Crippen MR) is 158 cm³/mol. The molecule has 2 aliphatic rings. The number of unbranched alkanes of at least 4 members (excludes halogenated alkanes) is 4. The molecule has 2 aliphatic heterocycles. The predicted octanol–water partition coefficient (Wildman–Crippen LogP) is 5.68. The molecule has 1 fully saturated rings. The van der Waals surface area contributed by atoms with Gasteiger partial charge >= 0.3 is 6.09 Å². The van der Waals surface area contributed by atoms with Crippen molar-refractivity contribution in [2.75, 3.05) is 26.3 Å². The Morgan fingerprint density at radius 3 is 2.63 bits per heavy atom. The molecule has 2 aromatic carbocycles. The van der Waals surface area contributed by atoms with E-state index < -0.39 is 15.8 Å². The lowest BCUT2D eigenvalue weighted by Gasteiger charge is -2.32. The standard InChI is InChI=1S/C31H42N2O7S/c1-31(2)38-23-27-21-26(13-14-28(27)40-31)29-22-33(30(34)39-29)16-6-3-4-7-17-37-18-8-5-10-24-11-9-12-25(20-24)15-19-41(32,35)36/h9,11-15,19-21,29H,3-8,10,16-18,22-23H2,1-2H3,(H2,32,35,36)/t29-/m0/s1. The molecule has 10 heteroatoms. The number of cyclic esters (lactones) is 1. The smallest absolute Gasteiger partial charge is 0.410 e. The molecule has 0 saturated carbocycles. The van der Waals surface area contributed by atoms with Gasteiger partial charge < -0.3 is 23.8 Å². The molecule has 0 aliphatic carbocycles. The van der Waals surface area contributed by atoms with Gasteiger partial charge in [-0.1, -0.05) is 43.2 Å². The number of sulfonamides is 1. The minimum Gasteiger partial charge on any atom is -0.463 e. The number of hydrogen-bond acceptors (Lipinski definition) is 7. The first kappa shape index (κ1) is 31.0. The van der Waals surface area contributed by atoms with Crippen LogP contribution in [0.25, 0.3) is 6.08 Å². The Morgan fingerprint density at radius 1 is 1.05 bits per heavy atom. The summed E-state index contributed by atoms with van der Waals surface area (Å²) in [6.45, 7) is 6.98. The highest BCUT2D eigenvalue weighted by molar-refractivity contribution is 7.92. The summed E-state index contributed by atoms with van der Waals surface area (Å²) in [6.07, 6.45) is 7.91. The number of rotatable bonds is 15. The van der Waals surface area contributed by atoms with Crippen LogP contribution in [-0.2, 0) is 37.3 Å². The van der Waals surface area contributed by atoms with Crippen molar-refractivity contribution in [3.05, 3.63) is 70.1 Å². The first-order valence-electron chi connectivity index (χ1n) is 14.4. The molecule has 2 N–H and O–H groups in total. The summed E-state index contributed by atoms with van der Waals surface area (Å²) < 4.78 is 45.2. The SMILES string of the molecule is CC1(C)OCc2cc([C@@H]3CN(CCCCCCOCCCCc4cccc(C=CS(N)(=O)=O)c4)C(=O)O3)ccc2O1. The normalized spacial score (nSPS) is 18.4. The molecule has 0 aromatic heterocycles. The van der Waals surface area contributed by atoms with Crippen molar-refractivity contribution in [3.63, 3.8) is 0 Å². The molecule has 9 nitrogen and oxygen atoms in total. The van der Waals surface area contributed by atoms with Crippen LogP contribution in [0.15, 0.2) is 47.9 Å². The number of carbonyl (C=O) groups is 1. The highest BCUT2D eigenvalue weighted by atomic mass is 32.2. The van der Waals surface area contributed by atoms with Gasteiger partial charge in [0.1, 0.15) is 11.9 Å². The fourth-order valence-corrected chi connectivity index (χ4v) is 5.29. The Bertz CT molecular complexity index is 1310. The molecule has 4 rings (SSSR count). The van der Waals surface area contributed by atoms with E-state index >= 15 is 0 Å². The Kier molecular flexibility index (Phi) is 10.8. The number of amides is 1. The summed E-state index contributed by atoms with van der Waals surface area (Å²) in [5, 5.41) is 6.03. The highest BCUT2D eigenvalue weighted by Crippen LogP contribution is 2.35. The summed E-state index contributed by atoms with van der Waals surface area (Å²) in [6, 6.07) is 13.7. The summed E-state index contributed by atoms with van der Waals surface area (Å²) >= 11 is 0. The first-order valence-corrected chi connectivity index (χ1v) is 16.0. The van der Waals surface area contributed by atoms with Gasteiger partial charge in [-0.15, -0.1) is 0 Å². The van der Waals surface area contributed by atoms with Crippen LogP contribution in [-0.4, -0.2) is 51.5 Å². The fourth-order valence-electron chi connectivity index (χ4n) is 4.94. The lowest BCUT2D eigenvalue weighted by molar-refractivity contribution is -0.180. The maximum absolute atomic E-state index is 12.4. The van der Waals surface area contributed by atoms with Gasteiger partial charge in [-0.3, -0.25) is 0 Å². The second kappa shape index (κ2) is 14.3. The first-order chi connectivity index (χ1) is 19.6. The van der Waals surface area contributed by atoms with Crippen LogP contribution >= 0.6 is 0 Å².